The summed E-state index contributed by atoms with van der Waals surface area (Å²) < 4.78 is 3.25. The van der Waals surface area contributed by atoms with Crippen molar-refractivity contribution < 1.29 is 0 Å². The zero-order chi connectivity index (χ0) is 19.3. The van der Waals surface area contributed by atoms with Gasteiger partial charge in [0.1, 0.15) is 0 Å². The number of pyridine rings is 1. The lowest BCUT2D eigenvalue weighted by Gasteiger charge is -2.14. The summed E-state index contributed by atoms with van der Waals surface area (Å²) in [6.45, 7) is 4.52. The first-order chi connectivity index (χ1) is 13.7. The Labute approximate surface area is 172 Å². The van der Waals surface area contributed by atoms with Gasteiger partial charge in [0.2, 0.25) is 0 Å². The normalized spacial score (nSPS) is 12.8. The monoisotopic (exact) mass is 429 g/mol. The van der Waals surface area contributed by atoms with Gasteiger partial charge < -0.3 is 0 Å². The van der Waals surface area contributed by atoms with Gasteiger partial charge in [0.15, 0.2) is 11.5 Å². The minimum atomic E-state index is 0.533. The molecular formula is C24H20BrN3. The molecule has 0 aliphatic heterocycles. The highest BCUT2D eigenvalue weighted by Crippen LogP contribution is 2.34. The smallest absolute Gasteiger partial charge is 0.169 e. The van der Waals surface area contributed by atoms with E-state index in [0.717, 1.165) is 38.8 Å². The van der Waals surface area contributed by atoms with Crippen molar-refractivity contribution in [2.24, 2.45) is 0 Å². The quantitative estimate of drug-likeness (QED) is 0.289. The molecule has 28 heavy (non-hydrogen) atoms. The fourth-order valence-electron chi connectivity index (χ4n) is 3.89. The van der Waals surface area contributed by atoms with E-state index >= 15 is 0 Å². The lowest BCUT2D eigenvalue weighted by molar-refractivity contribution is 0.734. The third-order valence-electron chi connectivity index (χ3n) is 5.67. The summed E-state index contributed by atoms with van der Waals surface area (Å²) >= 11 is 3.52. The third kappa shape index (κ3) is 2.63. The number of rotatable bonds is 3. The van der Waals surface area contributed by atoms with Crippen molar-refractivity contribution >= 4 is 43.3 Å². The molecule has 0 N–H and O–H groups in total. The summed E-state index contributed by atoms with van der Waals surface area (Å²) in [5, 5.41) is 12.7. The molecule has 0 spiro atoms. The number of nitrogens with zero attached hydrogens (tertiary/aromatic N) is 3. The molecule has 2 aromatic heterocycles. The van der Waals surface area contributed by atoms with Crippen molar-refractivity contribution in [1.29, 1.82) is 0 Å². The highest BCUT2D eigenvalue weighted by Gasteiger charge is 2.16. The van der Waals surface area contributed by atoms with E-state index in [-0.39, 0.29) is 0 Å². The molecule has 0 aliphatic rings. The predicted molar refractivity (Wildman–Crippen MR) is 120 cm³/mol. The highest BCUT2D eigenvalue weighted by molar-refractivity contribution is 9.10. The number of hydrogen-bond donors (Lipinski definition) is 0. The van der Waals surface area contributed by atoms with Gasteiger partial charge >= 0.3 is 0 Å². The fraction of sp³-hybridized carbons (Fsp3) is 0.167. The molecule has 138 valence electrons. The van der Waals surface area contributed by atoms with E-state index in [4.69, 9.17) is 0 Å². The first-order valence-electron chi connectivity index (χ1n) is 9.63. The zero-order valence-electron chi connectivity index (χ0n) is 15.9. The van der Waals surface area contributed by atoms with E-state index in [1.165, 1.54) is 16.3 Å². The first kappa shape index (κ1) is 17.4. The van der Waals surface area contributed by atoms with E-state index < -0.39 is 0 Å². The molecule has 0 fully saturated rings. The molecule has 3 nitrogen and oxygen atoms in total. The summed E-state index contributed by atoms with van der Waals surface area (Å²) in [5.41, 5.74) is 4.47. The maximum absolute atomic E-state index is 4.57. The van der Waals surface area contributed by atoms with Crippen LogP contribution in [0.2, 0.25) is 0 Å². The second-order valence-electron chi connectivity index (χ2n) is 7.32. The Kier molecular flexibility index (Phi) is 4.17. The van der Waals surface area contributed by atoms with Crippen LogP contribution in [0.1, 0.15) is 31.7 Å². The standard InChI is InChI=1S/C24H20BrN3/c1-3-15(2)17-10-13-22-21(14-17)19-6-4-5-7-20(19)24-27-26-23(28(22)24)16-8-11-18(25)12-9-16/h4-15H,3H2,1-2H3. The second-order valence-corrected chi connectivity index (χ2v) is 8.24. The molecule has 0 amide bonds. The molecule has 0 saturated carbocycles. The van der Waals surface area contributed by atoms with Crippen LogP contribution in [0.3, 0.4) is 0 Å². The summed E-state index contributed by atoms with van der Waals surface area (Å²) in [6, 6.07) is 23.5. The fourth-order valence-corrected chi connectivity index (χ4v) is 4.16. The molecule has 1 atom stereocenters. The molecule has 0 saturated heterocycles. The van der Waals surface area contributed by atoms with Gasteiger partial charge in [0, 0.05) is 20.8 Å². The van der Waals surface area contributed by atoms with Gasteiger partial charge in [0.25, 0.3) is 0 Å². The molecule has 4 heteroatoms. The maximum Gasteiger partial charge on any atom is 0.169 e. The van der Waals surface area contributed by atoms with Crippen LogP contribution in [0.25, 0.3) is 38.7 Å². The van der Waals surface area contributed by atoms with Crippen molar-refractivity contribution in [3.05, 3.63) is 76.8 Å². The summed E-state index contributed by atoms with van der Waals surface area (Å²) in [6.07, 6.45) is 1.13. The van der Waals surface area contributed by atoms with Crippen LogP contribution < -0.4 is 0 Å². The van der Waals surface area contributed by atoms with Crippen LogP contribution in [-0.4, -0.2) is 14.6 Å². The largest absolute Gasteiger partial charge is 0.274 e. The van der Waals surface area contributed by atoms with Gasteiger partial charge in [-0.3, -0.25) is 4.40 Å². The number of fused-ring (bicyclic) bond motifs is 6. The van der Waals surface area contributed by atoms with Gasteiger partial charge in [-0.1, -0.05) is 72.2 Å². The van der Waals surface area contributed by atoms with Crippen LogP contribution >= 0.6 is 15.9 Å². The van der Waals surface area contributed by atoms with Crippen molar-refractivity contribution in [1.82, 2.24) is 14.6 Å². The Morgan fingerprint density at radius 3 is 2.39 bits per heavy atom. The van der Waals surface area contributed by atoms with Crippen molar-refractivity contribution in [2.75, 3.05) is 0 Å². The molecule has 5 aromatic rings. The number of halogens is 1. The maximum atomic E-state index is 4.57. The third-order valence-corrected chi connectivity index (χ3v) is 6.20. The van der Waals surface area contributed by atoms with Crippen LogP contribution in [0.4, 0.5) is 0 Å². The van der Waals surface area contributed by atoms with Crippen LogP contribution in [0.15, 0.2) is 71.2 Å². The molecule has 0 bridgehead atoms. The highest BCUT2D eigenvalue weighted by atomic mass is 79.9. The molecule has 1 unspecified atom stereocenters. The SMILES string of the molecule is CCC(C)c1ccc2c(c1)c1ccccc1c1nnc(-c3ccc(Br)cc3)n21. The van der Waals surface area contributed by atoms with Gasteiger partial charge in [-0.2, -0.15) is 0 Å². The van der Waals surface area contributed by atoms with E-state index in [1.54, 1.807) is 0 Å². The van der Waals surface area contributed by atoms with Crippen LogP contribution in [0.5, 0.6) is 0 Å². The van der Waals surface area contributed by atoms with Crippen molar-refractivity contribution in [3.63, 3.8) is 0 Å². The molecule has 2 heterocycles. The van der Waals surface area contributed by atoms with Gasteiger partial charge in [-0.25, -0.2) is 0 Å². The molecule has 3 aromatic carbocycles. The Morgan fingerprint density at radius 1 is 0.893 bits per heavy atom. The summed E-state index contributed by atoms with van der Waals surface area (Å²) in [5.74, 6) is 1.40. The van der Waals surface area contributed by atoms with Crippen LogP contribution in [0, 0.1) is 0 Å². The van der Waals surface area contributed by atoms with E-state index in [2.05, 4.69) is 99.0 Å². The Morgan fingerprint density at radius 2 is 1.64 bits per heavy atom. The Balaban J connectivity index is 1.92. The lowest BCUT2D eigenvalue weighted by atomic mass is 9.95. The first-order valence-corrected chi connectivity index (χ1v) is 10.4. The summed E-state index contributed by atoms with van der Waals surface area (Å²) in [4.78, 5) is 0. The average Bonchev–Trinajstić information content (AvgIpc) is 3.19. The van der Waals surface area contributed by atoms with Crippen molar-refractivity contribution in [2.45, 2.75) is 26.2 Å². The van der Waals surface area contributed by atoms with Gasteiger partial charge in [-0.15, -0.1) is 10.2 Å². The van der Waals surface area contributed by atoms with Crippen LogP contribution in [-0.2, 0) is 0 Å². The lowest BCUT2D eigenvalue weighted by Crippen LogP contribution is -1.97. The van der Waals surface area contributed by atoms with Gasteiger partial charge in [-0.05, 0) is 47.6 Å². The van der Waals surface area contributed by atoms with Crippen molar-refractivity contribution in [3.8, 4) is 11.4 Å². The number of hydrogen-bond acceptors (Lipinski definition) is 2. The van der Waals surface area contributed by atoms with E-state index in [0.29, 0.717) is 5.92 Å². The second kappa shape index (κ2) is 6.71. The Bertz CT molecular complexity index is 1320. The molecule has 0 radical (unpaired) electrons. The minimum Gasteiger partial charge on any atom is -0.274 e. The average molecular weight is 430 g/mol. The minimum absolute atomic E-state index is 0.533. The molecule has 5 rings (SSSR count). The summed E-state index contributed by atoms with van der Waals surface area (Å²) in [7, 11) is 0. The number of aromatic nitrogens is 3. The van der Waals surface area contributed by atoms with Gasteiger partial charge in [0.05, 0.1) is 5.52 Å². The van der Waals surface area contributed by atoms with E-state index in [1.807, 2.05) is 12.1 Å². The Hall–Kier alpha value is -2.72. The predicted octanol–water partition coefficient (Wildman–Crippen LogP) is 6.98. The molecule has 0 aliphatic carbocycles. The topological polar surface area (TPSA) is 30.2 Å². The molecular weight excluding hydrogens is 410 g/mol. The zero-order valence-corrected chi connectivity index (χ0v) is 17.4. The number of benzene rings is 3. The van der Waals surface area contributed by atoms with E-state index in [9.17, 15) is 0 Å².